The van der Waals surface area contributed by atoms with Crippen molar-refractivity contribution in [2.24, 2.45) is 0 Å². The maximum atomic E-state index is 14.9. The molecule has 0 bridgehead atoms. The molecule has 0 aliphatic carbocycles. The van der Waals surface area contributed by atoms with Crippen molar-refractivity contribution in [1.82, 2.24) is 24.8 Å². The summed E-state index contributed by atoms with van der Waals surface area (Å²) in [5.41, 5.74) is 0.760. The second kappa shape index (κ2) is 11.3. The molecule has 2 N–H and O–H groups in total. The molecular weight excluding hydrogens is 451 g/mol. The van der Waals surface area contributed by atoms with Gasteiger partial charge in [0, 0.05) is 30.4 Å². The first-order valence-electron chi connectivity index (χ1n) is 9.80. The summed E-state index contributed by atoms with van der Waals surface area (Å²) in [6.45, 7) is 1.71. The van der Waals surface area contributed by atoms with Gasteiger partial charge in [-0.2, -0.15) is 5.10 Å². The summed E-state index contributed by atoms with van der Waals surface area (Å²) in [7, 11) is 2.95. The smallest absolute Gasteiger partial charge is 0.238 e. The predicted molar refractivity (Wildman–Crippen MR) is 120 cm³/mol. The molecule has 2 heterocycles. The predicted octanol–water partition coefficient (Wildman–Crippen LogP) is 2.74. The van der Waals surface area contributed by atoms with Gasteiger partial charge in [0.05, 0.1) is 25.0 Å². The van der Waals surface area contributed by atoms with Crippen molar-refractivity contribution in [3.63, 3.8) is 0 Å². The van der Waals surface area contributed by atoms with Gasteiger partial charge in [0.15, 0.2) is 22.7 Å². The summed E-state index contributed by atoms with van der Waals surface area (Å²) in [4.78, 5) is 17.6. The van der Waals surface area contributed by atoms with Gasteiger partial charge in [0.25, 0.3) is 0 Å². The number of amides is 1. The highest BCUT2D eigenvalue weighted by Gasteiger charge is 2.22. The molecule has 2 unspecified atom stereocenters. The number of hydrogen-bond donors (Lipinski definition) is 2. The third kappa shape index (κ3) is 5.99. The lowest BCUT2D eigenvalue weighted by Crippen LogP contribution is -2.27. The molecule has 12 heteroatoms. The number of rotatable bonds is 11. The Balaban J connectivity index is 1.81. The molecule has 1 amide bonds. The van der Waals surface area contributed by atoms with E-state index in [1.54, 1.807) is 37.3 Å². The molecule has 0 aliphatic rings. The minimum absolute atomic E-state index is 0.0408. The van der Waals surface area contributed by atoms with Crippen LogP contribution in [0.2, 0.25) is 0 Å². The Morgan fingerprint density at radius 2 is 2.12 bits per heavy atom. The number of methoxy groups -OCH3 is 1. The van der Waals surface area contributed by atoms with Crippen molar-refractivity contribution >= 4 is 23.3 Å². The van der Waals surface area contributed by atoms with Gasteiger partial charge in [0.2, 0.25) is 12.3 Å². The van der Waals surface area contributed by atoms with Crippen molar-refractivity contribution in [2.45, 2.75) is 19.5 Å². The normalized spacial score (nSPS) is 12.5. The second-order valence-corrected chi connectivity index (χ2v) is 7.88. The summed E-state index contributed by atoms with van der Waals surface area (Å²) < 4.78 is 42.6. The lowest BCUT2D eigenvalue weighted by atomic mass is 10.1. The quantitative estimate of drug-likeness (QED) is 0.410. The Labute approximate surface area is 192 Å². The van der Waals surface area contributed by atoms with Crippen LogP contribution in [0.1, 0.15) is 24.2 Å². The van der Waals surface area contributed by atoms with Gasteiger partial charge in [-0.05, 0) is 26.1 Å². The molecule has 0 radical (unpaired) electrons. The van der Waals surface area contributed by atoms with Gasteiger partial charge >= 0.3 is 0 Å². The van der Waals surface area contributed by atoms with E-state index in [1.165, 1.54) is 37.5 Å². The molecule has 2 aromatic heterocycles. The van der Waals surface area contributed by atoms with Crippen LogP contribution in [0, 0.1) is 5.82 Å². The third-order valence-electron chi connectivity index (χ3n) is 4.70. The first-order chi connectivity index (χ1) is 16.0. The first kappa shape index (κ1) is 24.0. The van der Waals surface area contributed by atoms with Crippen molar-refractivity contribution in [2.75, 3.05) is 18.9 Å². The highest BCUT2D eigenvalue weighted by molar-refractivity contribution is 7.84. The van der Waals surface area contributed by atoms with Crippen LogP contribution in [-0.2, 0) is 22.5 Å². The molecule has 0 saturated heterocycles. The van der Waals surface area contributed by atoms with Gasteiger partial charge in [0.1, 0.15) is 11.4 Å². The molecule has 3 rings (SSSR count). The topological polar surface area (TPSA) is 119 Å². The van der Waals surface area contributed by atoms with Crippen molar-refractivity contribution < 1.29 is 22.9 Å². The Morgan fingerprint density at radius 3 is 2.79 bits per heavy atom. The number of halogens is 1. The van der Waals surface area contributed by atoms with E-state index in [1.807, 2.05) is 0 Å². The van der Waals surface area contributed by atoms with Crippen LogP contribution >= 0.6 is 0 Å². The number of nitrogens with zero attached hydrogens (tertiary/aromatic N) is 4. The maximum Gasteiger partial charge on any atom is 0.238 e. The van der Waals surface area contributed by atoms with E-state index in [0.717, 1.165) is 0 Å². The fourth-order valence-corrected chi connectivity index (χ4v) is 3.44. The minimum atomic E-state index is -1.64. The second-order valence-electron chi connectivity index (χ2n) is 6.73. The fourth-order valence-electron chi connectivity index (χ4n) is 2.98. The average molecular weight is 475 g/mol. The third-order valence-corrected chi connectivity index (χ3v) is 5.47. The molecule has 174 valence electrons. The van der Waals surface area contributed by atoms with Crippen LogP contribution in [0.25, 0.3) is 0 Å². The van der Waals surface area contributed by atoms with E-state index in [9.17, 15) is 13.4 Å². The van der Waals surface area contributed by atoms with Gasteiger partial charge in [-0.3, -0.25) is 14.5 Å². The zero-order chi connectivity index (χ0) is 23.8. The van der Waals surface area contributed by atoms with E-state index < -0.39 is 23.0 Å². The first-order valence-corrected chi connectivity index (χ1v) is 11.0. The number of pyridine rings is 1. The Kier molecular flexibility index (Phi) is 8.22. The van der Waals surface area contributed by atoms with Crippen LogP contribution in [0.4, 0.5) is 10.1 Å². The van der Waals surface area contributed by atoms with E-state index in [2.05, 4.69) is 24.6 Å². The van der Waals surface area contributed by atoms with E-state index in [4.69, 9.17) is 9.47 Å². The number of benzene rings is 1. The Hall–Kier alpha value is -3.64. The lowest BCUT2D eigenvalue weighted by molar-refractivity contribution is -0.120. The number of nitrogens with one attached hydrogen (secondary N) is 2. The maximum absolute atomic E-state index is 14.9. The summed E-state index contributed by atoms with van der Waals surface area (Å²) in [6, 6.07) is 9.02. The fraction of sp³-hybridized carbons (Fsp3) is 0.238. The van der Waals surface area contributed by atoms with Gasteiger partial charge < -0.3 is 14.4 Å². The van der Waals surface area contributed by atoms with Crippen molar-refractivity contribution in [1.29, 1.82) is 0 Å². The molecule has 2 atom stereocenters. The Morgan fingerprint density at radius 1 is 1.30 bits per heavy atom. The number of hydrogen-bond acceptors (Lipinski definition) is 7. The highest BCUT2D eigenvalue weighted by Crippen LogP contribution is 2.32. The number of carbonyl (C=O) groups is 1. The summed E-state index contributed by atoms with van der Waals surface area (Å²) in [6.07, 6.45) is 3.62. The van der Waals surface area contributed by atoms with Crippen LogP contribution in [0.5, 0.6) is 17.4 Å². The summed E-state index contributed by atoms with van der Waals surface area (Å²) in [5, 5.41) is 7.60. The SMILES string of the molecule is CNS(=O)Nc1cccc(CN(C=O)C(C)c2ncc(Oc3cccnn3)cc2OC)c1F. The van der Waals surface area contributed by atoms with Gasteiger partial charge in [-0.1, -0.05) is 12.1 Å². The molecule has 33 heavy (non-hydrogen) atoms. The number of aromatic nitrogens is 3. The zero-order valence-corrected chi connectivity index (χ0v) is 19.0. The van der Waals surface area contributed by atoms with Crippen LogP contribution in [0.3, 0.4) is 0 Å². The summed E-state index contributed by atoms with van der Waals surface area (Å²) in [5.74, 6) is 0.451. The van der Waals surface area contributed by atoms with E-state index in [0.29, 0.717) is 29.5 Å². The van der Waals surface area contributed by atoms with Gasteiger partial charge in [-0.15, -0.1) is 5.10 Å². The number of anilines is 1. The number of carbonyl (C=O) groups excluding carboxylic acids is 1. The van der Waals surface area contributed by atoms with E-state index in [-0.39, 0.29) is 17.8 Å². The molecule has 0 spiro atoms. The summed E-state index contributed by atoms with van der Waals surface area (Å²) >= 11 is -1.64. The molecule has 0 fully saturated rings. The average Bonchev–Trinajstić information content (AvgIpc) is 2.84. The van der Waals surface area contributed by atoms with Crippen LogP contribution < -0.4 is 18.9 Å². The zero-order valence-electron chi connectivity index (χ0n) is 18.2. The van der Waals surface area contributed by atoms with E-state index >= 15 is 0 Å². The molecule has 0 aliphatic heterocycles. The molecule has 3 aromatic rings. The lowest BCUT2D eigenvalue weighted by Gasteiger charge is -2.26. The van der Waals surface area contributed by atoms with Crippen LogP contribution in [0.15, 0.2) is 48.8 Å². The number of ether oxygens (including phenoxy) is 2. The molecule has 10 nitrogen and oxygen atoms in total. The van der Waals surface area contributed by atoms with Gasteiger partial charge in [-0.25, -0.2) is 13.3 Å². The monoisotopic (exact) mass is 474 g/mol. The molecule has 1 aromatic carbocycles. The standard InChI is InChI=1S/C21H23FN6O4S/c1-14(21-18(31-3)10-16(11-24-21)32-19-8-5-9-25-26-19)28(13-29)12-15-6-4-7-17(20(15)22)27-33(30)23-2/h4-11,13-14,23,27H,12H2,1-3H3. The van der Waals surface area contributed by atoms with Crippen molar-refractivity contribution in [3.8, 4) is 17.4 Å². The minimum Gasteiger partial charge on any atom is -0.495 e. The largest absolute Gasteiger partial charge is 0.495 e. The molecule has 0 saturated carbocycles. The van der Waals surface area contributed by atoms with Crippen molar-refractivity contribution in [3.05, 3.63) is 65.9 Å². The van der Waals surface area contributed by atoms with Crippen LogP contribution in [-0.4, -0.2) is 44.9 Å². The highest BCUT2D eigenvalue weighted by atomic mass is 32.2. The Bertz CT molecular complexity index is 1120. The molecular formula is C21H23FN6O4S.